The molecule has 4 rings (SSSR count). The van der Waals surface area contributed by atoms with Gasteiger partial charge in [0.05, 0.1) is 16.6 Å². The predicted molar refractivity (Wildman–Crippen MR) is 149 cm³/mol. The molecule has 1 fully saturated rings. The van der Waals surface area contributed by atoms with Gasteiger partial charge in [-0.05, 0) is 94.4 Å². The number of piperidine rings is 1. The van der Waals surface area contributed by atoms with Gasteiger partial charge in [0.2, 0.25) is 0 Å². The van der Waals surface area contributed by atoms with E-state index in [0.717, 1.165) is 50.1 Å². The third kappa shape index (κ3) is 6.31. The molecule has 0 unspecified atom stereocenters. The van der Waals surface area contributed by atoms with Crippen LogP contribution < -0.4 is 4.74 Å². The lowest BCUT2D eigenvalue weighted by atomic mass is 9.89. The Morgan fingerprint density at radius 2 is 1.86 bits per heavy atom. The summed E-state index contributed by atoms with van der Waals surface area (Å²) in [5, 5.41) is 10.8. The molecule has 1 aliphatic rings. The van der Waals surface area contributed by atoms with E-state index in [-0.39, 0.29) is 5.56 Å². The maximum Gasteiger partial charge on any atom is 0.339 e. The number of hydrogen-bond acceptors (Lipinski definition) is 4. The van der Waals surface area contributed by atoms with Gasteiger partial charge in [-0.1, -0.05) is 28.1 Å². The lowest BCUT2D eigenvalue weighted by Crippen LogP contribution is -2.36. The topological polar surface area (TPSA) is 63.9 Å². The minimum atomic E-state index is -1.00. The zero-order valence-electron chi connectivity index (χ0n) is 19.6. The molecule has 0 amide bonds. The Balaban J connectivity index is 1.38. The summed E-state index contributed by atoms with van der Waals surface area (Å²) in [4.78, 5) is 14.0. The van der Waals surface area contributed by atoms with E-state index in [9.17, 15) is 9.90 Å². The molecule has 6 nitrogen and oxygen atoms in total. The number of aromatic nitrogens is 1. The summed E-state index contributed by atoms with van der Waals surface area (Å²) in [6, 6.07) is 9.81. The average molecular weight is 673 g/mol. The van der Waals surface area contributed by atoms with Gasteiger partial charge in [0, 0.05) is 40.2 Å². The summed E-state index contributed by atoms with van der Waals surface area (Å²) < 4.78 is 16.3. The number of carbonyl (C=O) groups is 1. The normalized spacial score (nSPS) is 15.1. The molecule has 35 heavy (non-hydrogen) atoms. The largest absolute Gasteiger partial charge is 0.490 e. The van der Waals surface area contributed by atoms with E-state index in [1.165, 1.54) is 16.5 Å². The number of benzene rings is 2. The fourth-order valence-corrected chi connectivity index (χ4v) is 6.70. The van der Waals surface area contributed by atoms with Crippen LogP contribution in [-0.4, -0.2) is 60.0 Å². The second-order valence-electron chi connectivity index (χ2n) is 8.64. The quantitative estimate of drug-likeness (QED) is 0.237. The van der Waals surface area contributed by atoms with Crippen LogP contribution in [0.5, 0.6) is 5.75 Å². The molecule has 188 valence electrons. The van der Waals surface area contributed by atoms with E-state index in [2.05, 4.69) is 81.7 Å². The summed E-state index contributed by atoms with van der Waals surface area (Å²) >= 11 is 10.5. The summed E-state index contributed by atoms with van der Waals surface area (Å²) in [7, 11) is 0. The van der Waals surface area contributed by atoms with Crippen molar-refractivity contribution in [1.29, 1.82) is 0 Å². The van der Waals surface area contributed by atoms with Gasteiger partial charge < -0.3 is 19.1 Å². The second kappa shape index (κ2) is 12.2. The molecule has 0 bridgehead atoms. The fourth-order valence-electron chi connectivity index (χ4n) is 4.76. The van der Waals surface area contributed by atoms with Gasteiger partial charge in [-0.25, -0.2) is 4.79 Å². The molecule has 0 radical (unpaired) electrons. The molecule has 2 aromatic carbocycles. The number of carboxylic acids is 1. The van der Waals surface area contributed by atoms with Crippen molar-refractivity contribution in [2.45, 2.75) is 32.2 Å². The molecule has 0 saturated carbocycles. The van der Waals surface area contributed by atoms with Gasteiger partial charge >= 0.3 is 5.97 Å². The van der Waals surface area contributed by atoms with Crippen molar-refractivity contribution in [3.05, 3.63) is 61.1 Å². The van der Waals surface area contributed by atoms with E-state index < -0.39 is 5.97 Å². The molecule has 9 heteroatoms. The third-order valence-electron chi connectivity index (χ3n) is 6.48. The standard InChI is InChI=1S/C26H29Br3N2O4/c1-2-34-12-11-31-16-21(19-4-3-5-22(28)24(19)31)17-6-8-30(9-7-17)10-13-35-25-20(26(32)33)14-18(27)15-23(25)29/h3-5,14-17H,2,6-13H2,1H3,(H,32,33). The lowest BCUT2D eigenvalue weighted by Gasteiger charge is -2.32. The Morgan fingerprint density at radius 1 is 1.09 bits per heavy atom. The zero-order chi connectivity index (χ0) is 24.9. The number of aromatic carboxylic acids is 1. The fraction of sp³-hybridized carbons (Fsp3) is 0.423. The van der Waals surface area contributed by atoms with Gasteiger partial charge in [-0.3, -0.25) is 4.90 Å². The number of fused-ring (bicyclic) bond motifs is 1. The van der Waals surface area contributed by atoms with Crippen LogP contribution in [0, 0.1) is 0 Å². The molecule has 2 heterocycles. The van der Waals surface area contributed by atoms with Crippen molar-refractivity contribution >= 4 is 64.7 Å². The van der Waals surface area contributed by atoms with Crippen molar-refractivity contribution in [2.75, 3.05) is 39.5 Å². The van der Waals surface area contributed by atoms with Crippen LogP contribution in [0.3, 0.4) is 0 Å². The summed E-state index contributed by atoms with van der Waals surface area (Å²) in [6.07, 6.45) is 4.48. The third-order valence-corrected chi connectivity index (χ3v) is 8.17. The van der Waals surface area contributed by atoms with Crippen molar-refractivity contribution in [1.82, 2.24) is 9.47 Å². The molecule has 1 saturated heterocycles. The summed E-state index contributed by atoms with van der Waals surface area (Å²) in [5.41, 5.74) is 2.81. The number of halogens is 3. The maximum atomic E-state index is 11.6. The summed E-state index contributed by atoms with van der Waals surface area (Å²) in [5.74, 6) is -0.118. The minimum absolute atomic E-state index is 0.150. The van der Waals surface area contributed by atoms with Gasteiger partial charge in [0.25, 0.3) is 0 Å². The van der Waals surface area contributed by atoms with Crippen LogP contribution in [0.4, 0.5) is 0 Å². The molecular formula is C26H29Br3N2O4. The minimum Gasteiger partial charge on any atom is -0.490 e. The van der Waals surface area contributed by atoms with Crippen molar-refractivity contribution in [3.8, 4) is 5.75 Å². The highest BCUT2D eigenvalue weighted by Gasteiger charge is 2.25. The molecular weight excluding hydrogens is 644 g/mol. The molecule has 0 spiro atoms. The lowest BCUT2D eigenvalue weighted by molar-refractivity contribution is 0.0691. The Hall–Kier alpha value is -1.39. The summed E-state index contributed by atoms with van der Waals surface area (Å²) in [6.45, 7) is 7.47. The Bertz CT molecular complexity index is 1190. The smallest absolute Gasteiger partial charge is 0.339 e. The number of para-hydroxylation sites is 1. The highest BCUT2D eigenvalue weighted by Crippen LogP contribution is 2.37. The Labute approximate surface area is 231 Å². The first-order valence-corrected chi connectivity index (χ1v) is 14.2. The Kier molecular flexibility index (Phi) is 9.32. The van der Waals surface area contributed by atoms with Crippen LogP contribution in [0.25, 0.3) is 10.9 Å². The predicted octanol–water partition coefficient (Wildman–Crippen LogP) is 6.92. The number of carboxylic acid groups (broad SMARTS) is 1. The molecule has 1 aliphatic heterocycles. The van der Waals surface area contributed by atoms with Crippen LogP contribution in [0.15, 0.2) is 49.9 Å². The first-order chi connectivity index (χ1) is 16.9. The number of hydrogen-bond donors (Lipinski definition) is 1. The van der Waals surface area contributed by atoms with Gasteiger partial charge in [-0.15, -0.1) is 0 Å². The van der Waals surface area contributed by atoms with Crippen molar-refractivity contribution in [3.63, 3.8) is 0 Å². The SMILES string of the molecule is CCOCCn1cc(C2CCN(CCOc3c(Br)cc(Br)cc3C(=O)O)CC2)c2cccc(Br)c21. The highest BCUT2D eigenvalue weighted by molar-refractivity contribution is 9.11. The highest BCUT2D eigenvalue weighted by atomic mass is 79.9. The molecule has 1 N–H and O–H groups in total. The molecule has 3 aromatic rings. The van der Waals surface area contributed by atoms with Crippen LogP contribution >= 0.6 is 47.8 Å². The van der Waals surface area contributed by atoms with Gasteiger partial charge in [0.1, 0.15) is 17.9 Å². The number of likely N-dealkylation sites (tertiary alicyclic amines) is 1. The monoisotopic (exact) mass is 670 g/mol. The van der Waals surface area contributed by atoms with Crippen LogP contribution in [0.1, 0.15) is 41.6 Å². The van der Waals surface area contributed by atoms with Gasteiger partial charge in [-0.2, -0.15) is 0 Å². The molecule has 1 aromatic heterocycles. The zero-order valence-corrected chi connectivity index (χ0v) is 24.4. The Morgan fingerprint density at radius 3 is 2.57 bits per heavy atom. The van der Waals surface area contributed by atoms with E-state index in [4.69, 9.17) is 9.47 Å². The van der Waals surface area contributed by atoms with Crippen molar-refractivity contribution in [2.24, 2.45) is 0 Å². The van der Waals surface area contributed by atoms with E-state index >= 15 is 0 Å². The number of ether oxygens (including phenoxy) is 2. The first kappa shape index (κ1) is 26.7. The van der Waals surface area contributed by atoms with Crippen LogP contribution in [0.2, 0.25) is 0 Å². The number of rotatable bonds is 10. The van der Waals surface area contributed by atoms with E-state index in [0.29, 0.717) is 33.8 Å². The molecule has 0 aliphatic carbocycles. The van der Waals surface area contributed by atoms with E-state index in [1.807, 2.05) is 6.92 Å². The maximum absolute atomic E-state index is 11.6. The first-order valence-electron chi connectivity index (χ1n) is 11.8. The van der Waals surface area contributed by atoms with Gasteiger partial charge in [0.15, 0.2) is 0 Å². The molecule has 0 atom stereocenters. The van der Waals surface area contributed by atoms with Crippen LogP contribution in [-0.2, 0) is 11.3 Å². The average Bonchev–Trinajstić information content (AvgIpc) is 3.20. The second-order valence-corrected chi connectivity index (χ2v) is 11.3. The van der Waals surface area contributed by atoms with E-state index in [1.54, 1.807) is 12.1 Å². The van der Waals surface area contributed by atoms with Crippen molar-refractivity contribution < 1.29 is 19.4 Å². The number of nitrogens with zero attached hydrogens (tertiary/aromatic N) is 2.